The fraction of sp³-hybridized carbons (Fsp3) is 0.571. The van der Waals surface area contributed by atoms with Gasteiger partial charge in [-0.1, -0.05) is 12.1 Å². The van der Waals surface area contributed by atoms with Crippen LogP contribution in [0.1, 0.15) is 44.0 Å². The standard InChI is InChI=1S/C14H20FNO/c1-10(15)13-11(6-4-7-12(13)17-3)14(2)8-5-9-16-14/h4,6-7,10,16H,5,8-9H2,1-3H3. The second-order valence-corrected chi connectivity index (χ2v) is 4.90. The van der Waals surface area contributed by atoms with E-state index in [4.69, 9.17) is 4.74 Å². The number of ether oxygens (including phenoxy) is 1. The van der Waals surface area contributed by atoms with Crippen molar-refractivity contribution in [2.24, 2.45) is 0 Å². The van der Waals surface area contributed by atoms with Gasteiger partial charge in [-0.15, -0.1) is 0 Å². The van der Waals surface area contributed by atoms with E-state index >= 15 is 0 Å². The molecular formula is C14H20FNO. The van der Waals surface area contributed by atoms with Crippen LogP contribution >= 0.6 is 0 Å². The second-order valence-electron chi connectivity index (χ2n) is 4.90. The minimum absolute atomic E-state index is 0.121. The van der Waals surface area contributed by atoms with Crippen LogP contribution in [-0.4, -0.2) is 13.7 Å². The van der Waals surface area contributed by atoms with Gasteiger partial charge in [-0.3, -0.25) is 0 Å². The van der Waals surface area contributed by atoms with Gasteiger partial charge >= 0.3 is 0 Å². The summed E-state index contributed by atoms with van der Waals surface area (Å²) in [5.74, 6) is 0.646. The number of methoxy groups -OCH3 is 1. The molecule has 0 spiro atoms. The molecule has 0 aliphatic carbocycles. The van der Waals surface area contributed by atoms with E-state index in [1.807, 2.05) is 18.2 Å². The Labute approximate surface area is 102 Å². The normalized spacial score (nSPS) is 25.9. The summed E-state index contributed by atoms with van der Waals surface area (Å²) in [6.45, 7) is 4.70. The largest absolute Gasteiger partial charge is 0.496 e. The highest BCUT2D eigenvalue weighted by atomic mass is 19.1. The number of halogens is 1. The van der Waals surface area contributed by atoms with Gasteiger partial charge in [-0.25, -0.2) is 4.39 Å². The smallest absolute Gasteiger partial charge is 0.126 e. The van der Waals surface area contributed by atoms with Gasteiger partial charge in [0.05, 0.1) is 7.11 Å². The lowest BCUT2D eigenvalue weighted by Crippen LogP contribution is -2.34. The van der Waals surface area contributed by atoms with E-state index < -0.39 is 6.17 Å². The Bertz CT molecular complexity index is 397. The van der Waals surface area contributed by atoms with Gasteiger partial charge < -0.3 is 10.1 Å². The molecule has 0 radical (unpaired) electrons. The van der Waals surface area contributed by atoms with Crippen LogP contribution in [0.2, 0.25) is 0 Å². The molecule has 3 heteroatoms. The molecular weight excluding hydrogens is 217 g/mol. The Morgan fingerprint density at radius 2 is 2.24 bits per heavy atom. The summed E-state index contributed by atoms with van der Waals surface area (Å²) in [6, 6.07) is 5.77. The van der Waals surface area contributed by atoms with Gasteiger partial charge in [0.25, 0.3) is 0 Å². The maximum absolute atomic E-state index is 13.9. The van der Waals surface area contributed by atoms with E-state index in [9.17, 15) is 4.39 Å². The third-order valence-electron chi connectivity index (χ3n) is 3.65. The summed E-state index contributed by atoms with van der Waals surface area (Å²) in [6.07, 6.45) is 1.16. The van der Waals surface area contributed by atoms with Gasteiger partial charge in [0.1, 0.15) is 11.9 Å². The van der Waals surface area contributed by atoms with Crippen molar-refractivity contribution in [1.29, 1.82) is 0 Å². The van der Waals surface area contributed by atoms with E-state index in [2.05, 4.69) is 12.2 Å². The van der Waals surface area contributed by atoms with Crippen molar-refractivity contribution in [3.05, 3.63) is 29.3 Å². The van der Waals surface area contributed by atoms with E-state index in [-0.39, 0.29) is 5.54 Å². The lowest BCUT2D eigenvalue weighted by molar-refractivity contribution is 0.331. The molecule has 1 aromatic carbocycles. The summed E-state index contributed by atoms with van der Waals surface area (Å²) in [5.41, 5.74) is 1.60. The molecule has 1 aliphatic rings. The Hall–Kier alpha value is -1.09. The van der Waals surface area contributed by atoms with Crippen molar-refractivity contribution in [1.82, 2.24) is 5.32 Å². The third kappa shape index (κ3) is 2.16. The van der Waals surface area contributed by atoms with Crippen LogP contribution in [0.5, 0.6) is 5.75 Å². The van der Waals surface area contributed by atoms with Gasteiger partial charge in [0, 0.05) is 11.1 Å². The van der Waals surface area contributed by atoms with Crippen LogP contribution < -0.4 is 10.1 Å². The Morgan fingerprint density at radius 1 is 1.47 bits per heavy atom. The first-order chi connectivity index (χ1) is 8.08. The number of nitrogens with one attached hydrogen (secondary N) is 1. The molecule has 2 nitrogen and oxygen atoms in total. The highest BCUT2D eigenvalue weighted by molar-refractivity contribution is 5.45. The zero-order chi connectivity index (χ0) is 12.5. The minimum atomic E-state index is -1.01. The molecule has 0 bridgehead atoms. The fourth-order valence-corrected chi connectivity index (χ4v) is 2.74. The summed E-state index contributed by atoms with van der Waals surface area (Å²) < 4.78 is 19.1. The zero-order valence-electron chi connectivity index (χ0n) is 10.7. The second kappa shape index (κ2) is 4.65. The maximum atomic E-state index is 13.9. The van der Waals surface area contributed by atoms with E-state index in [1.54, 1.807) is 14.0 Å². The molecule has 1 aromatic rings. The number of alkyl halides is 1. The van der Waals surface area contributed by atoms with Crippen molar-refractivity contribution in [2.75, 3.05) is 13.7 Å². The molecule has 1 saturated heterocycles. The highest BCUT2D eigenvalue weighted by Gasteiger charge is 2.34. The van der Waals surface area contributed by atoms with Crippen LogP contribution in [0.3, 0.4) is 0 Å². The van der Waals surface area contributed by atoms with Gasteiger partial charge in [-0.05, 0) is 44.9 Å². The predicted molar refractivity (Wildman–Crippen MR) is 67.1 cm³/mol. The first-order valence-corrected chi connectivity index (χ1v) is 6.15. The lowest BCUT2D eigenvalue weighted by Gasteiger charge is -2.29. The van der Waals surface area contributed by atoms with Crippen molar-refractivity contribution >= 4 is 0 Å². The molecule has 0 saturated carbocycles. The SMILES string of the molecule is COc1cccc(C2(C)CCCN2)c1C(C)F. The quantitative estimate of drug-likeness (QED) is 0.870. The average Bonchev–Trinajstić information content (AvgIpc) is 2.76. The molecule has 1 fully saturated rings. The van der Waals surface area contributed by atoms with Crippen molar-refractivity contribution < 1.29 is 9.13 Å². The summed E-state index contributed by atoms with van der Waals surface area (Å²) in [5, 5.41) is 3.47. The number of rotatable bonds is 3. The fourth-order valence-electron chi connectivity index (χ4n) is 2.74. The van der Waals surface area contributed by atoms with Crippen LogP contribution in [-0.2, 0) is 5.54 Å². The maximum Gasteiger partial charge on any atom is 0.126 e. The first kappa shape index (κ1) is 12.4. The Morgan fingerprint density at radius 3 is 2.76 bits per heavy atom. The Balaban J connectivity index is 2.52. The van der Waals surface area contributed by atoms with E-state index in [1.165, 1.54) is 0 Å². The molecule has 1 heterocycles. The topological polar surface area (TPSA) is 21.3 Å². The van der Waals surface area contributed by atoms with Gasteiger partial charge in [-0.2, -0.15) is 0 Å². The zero-order valence-corrected chi connectivity index (χ0v) is 10.7. The molecule has 0 aromatic heterocycles. The molecule has 1 aliphatic heterocycles. The van der Waals surface area contributed by atoms with Crippen molar-refractivity contribution in [2.45, 2.75) is 38.4 Å². The number of hydrogen-bond donors (Lipinski definition) is 1. The summed E-state index contributed by atoms with van der Waals surface area (Å²) in [4.78, 5) is 0. The average molecular weight is 237 g/mol. The molecule has 2 unspecified atom stereocenters. The first-order valence-electron chi connectivity index (χ1n) is 6.15. The van der Waals surface area contributed by atoms with E-state index in [0.717, 1.165) is 24.9 Å². The number of hydrogen-bond acceptors (Lipinski definition) is 2. The molecule has 94 valence electrons. The number of benzene rings is 1. The molecule has 2 rings (SSSR count). The molecule has 2 atom stereocenters. The highest BCUT2D eigenvalue weighted by Crippen LogP contribution is 2.40. The van der Waals surface area contributed by atoms with Crippen molar-refractivity contribution in [3.8, 4) is 5.75 Å². The van der Waals surface area contributed by atoms with Crippen LogP contribution in [0.4, 0.5) is 4.39 Å². The minimum Gasteiger partial charge on any atom is -0.496 e. The molecule has 1 N–H and O–H groups in total. The third-order valence-corrected chi connectivity index (χ3v) is 3.65. The molecule has 17 heavy (non-hydrogen) atoms. The predicted octanol–water partition coefficient (Wildman–Crippen LogP) is 3.32. The van der Waals surface area contributed by atoms with Crippen LogP contribution in [0.15, 0.2) is 18.2 Å². The summed E-state index contributed by atoms with van der Waals surface area (Å²) in [7, 11) is 1.59. The monoisotopic (exact) mass is 237 g/mol. The summed E-state index contributed by atoms with van der Waals surface area (Å²) >= 11 is 0. The van der Waals surface area contributed by atoms with E-state index in [0.29, 0.717) is 11.3 Å². The lowest BCUT2D eigenvalue weighted by atomic mass is 9.85. The van der Waals surface area contributed by atoms with Crippen molar-refractivity contribution in [3.63, 3.8) is 0 Å². The Kier molecular flexibility index (Phi) is 3.38. The van der Waals surface area contributed by atoms with Gasteiger partial charge in [0.2, 0.25) is 0 Å². The van der Waals surface area contributed by atoms with Crippen LogP contribution in [0.25, 0.3) is 0 Å². The molecule has 0 amide bonds. The van der Waals surface area contributed by atoms with Crippen LogP contribution in [0, 0.1) is 0 Å². The van der Waals surface area contributed by atoms with Gasteiger partial charge in [0.15, 0.2) is 0 Å².